The number of ether oxygens (including phenoxy) is 1. The Hall–Kier alpha value is -3.62. The minimum Gasteiger partial charge on any atom is -0.494 e. The molecule has 1 aliphatic heterocycles. The topological polar surface area (TPSA) is 64.4 Å². The predicted molar refractivity (Wildman–Crippen MR) is 120 cm³/mol. The molecule has 0 radical (unpaired) electrons. The van der Waals surface area contributed by atoms with Gasteiger partial charge in [-0.2, -0.15) is 18.3 Å². The fraction of sp³-hybridized carbons (Fsp3) is 0.320. The third kappa shape index (κ3) is 4.69. The summed E-state index contributed by atoms with van der Waals surface area (Å²) in [4.78, 5) is 27.7. The molecule has 1 amide bonds. The fourth-order valence-corrected chi connectivity index (χ4v) is 4.22. The summed E-state index contributed by atoms with van der Waals surface area (Å²) in [5.41, 5.74) is -0.368. The van der Waals surface area contributed by atoms with Crippen LogP contribution in [0.15, 0.2) is 59.4 Å². The van der Waals surface area contributed by atoms with Crippen LogP contribution in [0.1, 0.15) is 53.1 Å². The number of amides is 1. The number of likely N-dealkylation sites (tertiary alicyclic amines) is 1. The second kappa shape index (κ2) is 9.32. The Bertz CT molecular complexity index is 1250. The lowest BCUT2D eigenvalue weighted by atomic mass is 10.0. The van der Waals surface area contributed by atoms with Gasteiger partial charge in [-0.3, -0.25) is 9.59 Å². The van der Waals surface area contributed by atoms with Crippen LogP contribution >= 0.6 is 0 Å². The molecule has 178 valence electrons. The molecule has 0 bridgehead atoms. The van der Waals surface area contributed by atoms with Gasteiger partial charge in [-0.25, -0.2) is 4.68 Å². The molecule has 1 saturated heterocycles. The van der Waals surface area contributed by atoms with Gasteiger partial charge in [0.2, 0.25) is 5.43 Å². The smallest absolute Gasteiger partial charge is 0.416 e. The standard InChI is InChI=1S/C25H24F3N3O3/c1-3-34-20-11-9-17(10-12-20)21-8-5-13-30(21)24(33)23-22(32)14-16(2)31(29-23)19-7-4-6-18(15-19)25(26,27)28/h4,6-7,9-12,14-15,21H,3,5,8,13H2,1-2H3. The van der Waals surface area contributed by atoms with Crippen LogP contribution in [0, 0.1) is 6.92 Å². The summed E-state index contributed by atoms with van der Waals surface area (Å²) in [6, 6.07) is 13.1. The zero-order valence-corrected chi connectivity index (χ0v) is 18.8. The van der Waals surface area contributed by atoms with Crippen LogP contribution in [0.25, 0.3) is 5.69 Å². The number of aryl methyl sites for hydroxylation is 1. The van der Waals surface area contributed by atoms with Crippen LogP contribution < -0.4 is 10.2 Å². The molecule has 0 N–H and O–H groups in total. The summed E-state index contributed by atoms with van der Waals surface area (Å²) in [6.07, 6.45) is -3.03. The van der Waals surface area contributed by atoms with E-state index in [0.717, 1.165) is 36.3 Å². The molecule has 9 heteroatoms. The van der Waals surface area contributed by atoms with E-state index in [1.807, 2.05) is 31.2 Å². The normalized spacial score (nSPS) is 16.0. The number of carbonyl (C=O) groups excluding carboxylic acids is 1. The quantitative estimate of drug-likeness (QED) is 0.529. The van der Waals surface area contributed by atoms with Gasteiger partial charge in [0.15, 0.2) is 5.69 Å². The summed E-state index contributed by atoms with van der Waals surface area (Å²) in [6.45, 7) is 4.45. The van der Waals surface area contributed by atoms with Crippen molar-refractivity contribution in [2.75, 3.05) is 13.2 Å². The highest BCUT2D eigenvalue weighted by Crippen LogP contribution is 2.34. The van der Waals surface area contributed by atoms with Crippen LogP contribution in [0.5, 0.6) is 5.75 Å². The van der Waals surface area contributed by atoms with E-state index in [1.165, 1.54) is 22.9 Å². The lowest BCUT2D eigenvalue weighted by Crippen LogP contribution is -2.36. The molecular formula is C25H24F3N3O3. The van der Waals surface area contributed by atoms with Gasteiger partial charge in [0, 0.05) is 18.3 Å². The Morgan fingerprint density at radius 1 is 1.15 bits per heavy atom. The van der Waals surface area contributed by atoms with Crippen molar-refractivity contribution in [2.24, 2.45) is 0 Å². The number of alkyl halides is 3. The predicted octanol–water partition coefficient (Wildman–Crippen LogP) is 4.94. The van der Waals surface area contributed by atoms with Gasteiger partial charge in [0.1, 0.15) is 5.75 Å². The number of hydrogen-bond donors (Lipinski definition) is 0. The first-order valence-electron chi connectivity index (χ1n) is 11.0. The van der Waals surface area contributed by atoms with E-state index in [4.69, 9.17) is 4.74 Å². The molecule has 1 atom stereocenters. The number of aromatic nitrogens is 2. The number of halogens is 3. The average Bonchev–Trinajstić information content (AvgIpc) is 3.29. The van der Waals surface area contributed by atoms with Gasteiger partial charge in [-0.15, -0.1) is 0 Å². The average molecular weight is 471 g/mol. The number of hydrogen-bond acceptors (Lipinski definition) is 4. The monoisotopic (exact) mass is 471 g/mol. The zero-order valence-electron chi connectivity index (χ0n) is 18.8. The van der Waals surface area contributed by atoms with Crippen LogP contribution in [-0.2, 0) is 6.18 Å². The second-order valence-electron chi connectivity index (χ2n) is 8.12. The summed E-state index contributed by atoms with van der Waals surface area (Å²) in [5.74, 6) is 0.188. The molecule has 6 nitrogen and oxygen atoms in total. The first-order valence-corrected chi connectivity index (χ1v) is 11.0. The van der Waals surface area contributed by atoms with Crippen molar-refractivity contribution in [2.45, 2.75) is 38.9 Å². The molecule has 1 aromatic heterocycles. The SMILES string of the molecule is CCOc1ccc(C2CCCN2C(=O)c2nn(-c3cccc(C(F)(F)F)c3)c(C)cc2=O)cc1. The Labute approximate surface area is 194 Å². The highest BCUT2D eigenvalue weighted by Gasteiger charge is 2.33. The van der Waals surface area contributed by atoms with Crippen molar-refractivity contribution in [1.82, 2.24) is 14.7 Å². The Morgan fingerprint density at radius 3 is 2.56 bits per heavy atom. The van der Waals surface area contributed by atoms with Crippen molar-refractivity contribution >= 4 is 5.91 Å². The van der Waals surface area contributed by atoms with Crippen LogP contribution in [-0.4, -0.2) is 33.7 Å². The Balaban J connectivity index is 1.68. The van der Waals surface area contributed by atoms with E-state index in [2.05, 4.69) is 5.10 Å². The van der Waals surface area contributed by atoms with Crippen LogP contribution in [0.3, 0.4) is 0 Å². The second-order valence-corrected chi connectivity index (χ2v) is 8.12. The highest BCUT2D eigenvalue weighted by atomic mass is 19.4. The van der Waals surface area contributed by atoms with Crippen LogP contribution in [0.4, 0.5) is 13.2 Å². The number of nitrogens with zero attached hydrogens (tertiary/aromatic N) is 3. The van der Waals surface area contributed by atoms with Crippen molar-refractivity contribution in [3.8, 4) is 11.4 Å². The first-order chi connectivity index (χ1) is 16.2. The molecule has 2 heterocycles. The molecule has 34 heavy (non-hydrogen) atoms. The maximum Gasteiger partial charge on any atom is 0.416 e. The minimum atomic E-state index is -4.53. The highest BCUT2D eigenvalue weighted by molar-refractivity contribution is 5.92. The van der Waals surface area contributed by atoms with Gasteiger partial charge < -0.3 is 9.64 Å². The van der Waals surface area contributed by atoms with E-state index in [0.29, 0.717) is 18.8 Å². The number of rotatable bonds is 5. The largest absolute Gasteiger partial charge is 0.494 e. The summed E-state index contributed by atoms with van der Waals surface area (Å²) in [5, 5.41) is 4.20. The van der Waals surface area contributed by atoms with Gasteiger partial charge in [-0.1, -0.05) is 18.2 Å². The first kappa shape index (κ1) is 23.5. The number of benzene rings is 2. The Morgan fingerprint density at radius 2 is 1.88 bits per heavy atom. The maximum absolute atomic E-state index is 13.4. The van der Waals surface area contributed by atoms with Crippen molar-refractivity contribution in [3.63, 3.8) is 0 Å². The third-order valence-corrected chi connectivity index (χ3v) is 5.82. The molecule has 3 aromatic rings. The molecule has 2 aromatic carbocycles. The van der Waals surface area contributed by atoms with Gasteiger partial charge >= 0.3 is 6.18 Å². The van der Waals surface area contributed by atoms with E-state index < -0.39 is 23.1 Å². The lowest BCUT2D eigenvalue weighted by Gasteiger charge is -2.25. The van der Waals surface area contributed by atoms with E-state index >= 15 is 0 Å². The molecule has 1 aliphatic rings. The molecule has 1 unspecified atom stereocenters. The molecule has 0 aliphatic carbocycles. The van der Waals surface area contributed by atoms with Crippen molar-refractivity contribution in [3.05, 3.63) is 87.3 Å². The number of carbonyl (C=O) groups is 1. The summed E-state index contributed by atoms with van der Waals surface area (Å²) in [7, 11) is 0. The fourth-order valence-electron chi connectivity index (χ4n) is 4.22. The summed E-state index contributed by atoms with van der Waals surface area (Å²) < 4.78 is 46.2. The van der Waals surface area contributed by atoms with E-state index in [1.54, 1.807) is 11.8 Å². The molecule has 4 rings (SSSR count). The molecule has 1 fully saturated rings. The van der Waals surface area contributed by atoms with E-state index in [-0.39, 0.29) is 17.4 Å². The van der Waals surface area contributed by atoms with Gasteiger partial charge in [0.05, 0.1) is 23.9 Å². The molecular weight excluding hydrogens is 447 g/mol. The van der Waals surface area contributed by atoms with E-state index in [9.17, 15) is 22.8 Å². The van der Waals surface area contributed by atoms with Gasteiger partial charge in [0.25, 0.3) is 5.91 Å². The van der Waals surface area contributed by atoms with Crippen LogP contribution in [0.2, 0.25) is 0 Å². The Kier molecular flexibility index (Phi) is 6.45. The molecule has 0 spiro atoms. The lowest BCUT2D eigenvalue weighted by molar-refractivity contribution is -0.137. The minimum absolute atomic E-state index is 0.117. The van der Waals surface area contributed by atoms with Gasteiger partial charge in [-0.05, 0) is 62.6 Å². The summed E-state index contributed by atoms with van der Waals surface area (Å²) >= 11 is 0. The zero-order chi connectivity index (χ0) is 24.5. The maximum atomic E-state index is 13.4. The van der Waals surface area contributed by atoms with Crippen molar-refractivity contribution in [1.29, 1.82) is 0 Å². The third-order valence-electron chi connectivity index (χ3n) is 5.82. The molecule has 0 saturated carbocycles. The van der Waals surface area contributed by atoms with Crippen molar-refractivity contribution < 1.29 is 22.7 Å².